The number of amides is 1. The molecule has 0 aliphatic carbocycles. The van der Waals surface area contributed by atoms with Crippen LogP contribution in [-0.4, -0.2) is 39.0 Å². The summed E-state index contributed by atoms with van der Waals surface area (Å²) >= 11 is 0. The molecule has 0 bridgehead atoms. The van der Waals surface area contributed by atoms with Crippen molar-refractivity contribution in [3.05, 3.63) is 41.2 Å². The summed E-state index contributed by atoms with van der Waals surface area (Å²) in [4.78, 5) is 14.5. The van der Waals surface area contributed by atoms with Crippen molar-refractivity contribution in [1.82, 2.24) is 14.7 Å². The molecule has 1 unspecified atom stereocenters. The number of nitrogens with zero attached hydrogens (tertiary/aromatic N) is 3. The minimum atomic E-state index is -0.555. The van der Waals surface area contributed by atoms with Gasteiger partial charge >= 0.3 is 0 Å². The van der Waals surface area contributed by atoms with Gasteiger partial charge in [0.1, 0.15) is 0 Å². The third-order valence-electron chi connectivity index (χ3n) is 4.45. The Labute approximate surface area is 139 Å². The zero-order chi connectivity index (χ0) is 16.7. The normalized spacial score (nSPS) is 16.8. The molecule has 1 aromatic carbocycles. The Morgan fingerprint density at radius 1 is 1.29 bits per heavy atom. The van der Waals surface area contributed by atoms with Gasteiger partial charge in [0.05, 0.1) is 30.6 Å². The van der Waals surface area contributed by atoms with E-state index in [1.807, 2.05) is 17.7 Å². The van der Waals surface area contributed by atoms with Gasteiger partial charge in [-0.2, -0.15) is 5.10 Å². The van der Waals surface area contributed by atoms with E-state index in [-0.39, 0.29) is 12.7 Å². The maximum atomic E-state index is 12.8. The highest BCUT2D eigenvalue weighted by atomic mass is 16.7. The summed E-state index contributed by atoms with van der Waals surface area (Å²) in [6.45, 7) is 3.80. The van der Waals surface area contributed by atoms with Gasteiger partial charge in [0.15, 0.2) is 11.5 Å². The lowest BCUT2D eigenvalue weighted by molar-refractivity contribution is 0.0705. The van der Waals surface area contributed by atoms with E-state index in [1.54, 1.807) is 23.1 Å². The Kier molecular flexibility index (Phi) is 3.65. The number of rotatable bonds is 3. The van der Waals surface area contributed by atoms with Gasteiger partial charge in [-0.25, -0.2) is 0 Å². The van der Waals surface area contributed by atoms with Gasteiger partial charge in [-0.1, -0.05) is 6.92 Å². The number of hydrogen-bond acceptors (Lipinski definition) is 5. The summed E-state index contributed by atoms with van der Waals surface area (Å²) in [7, 11) is 0. The summed E-state index contributed by atoms with van der Waals surface area (Å²) in [6.07, 6.45) is 0.0668. The first kappa shape index (κ1) is 15.0. The molecular weight excluding hydrogens is 310 g/mol. The number of fused-ring (bicyclic) bond motifs is 2. The van der Waals surface area contributed by atoms with E-state index >= 15 is 0 Å². The fourth-order valence-electron chi connectivity index (χ4n) is 3.05. The highest BCUT2D eigenvalue weighted by Crippen LogP contribution is 2.33. The van der Waals surface area contributed by atoms with Crippen LogP contribution in [0.5, 0.6) is 11.5 Å². The van der Waals surface area contributed by atoms with Gasteiger partial charge in [0.2, 0.25) is 6.79 Å². The number of benzene rings is 1. The van der Waals surface area contributed by atoms with Gasteiger partial charge < -0.3 is 19.5 Å². The van der Waals surface area contributed by atoms with E-state index in [2.05, 4.69) is 5.10 Å². The smallest absolute Gasteiger partial charge is 0.254 e. The Morgan fingerprint density at radius 2 is 2.12 bits per heavy atom. The molecule has 1 aromatic heterocycles. The molecule has 2 aliphatic rings. The van der Waals surface area contributed by atoms with E-state index < -0.39 is 6.10 Å². The number of aliphatic hydroxyl groups is 1. The number of carbonyl (C=O) groups excluding carboxylic acids is 1. The van der Waals surface area contributed by atoms with Crippen LogP contribution in [0.2, 0.25) is 0 Å². The Morgan fingerprint density at radius 3 is 2.96 bits per heavy atom. The molecule has 126 valence electrons. The fourth-order valence-corrected chi connectivity index (χ4v) is 3.05. The molecule has 0 radical (unpaired) electrons. The van der Waals surface area contributed by atoms with E-state index in [0.717, 1.165) is 5.69 Å². The van der Waals surface area contributed by atoms with Crippen LogP contribution in [-0.2, 0) is 13.1 Å². The lowest BCUT2D eigenvalue weighted by Gasteiger charge is -2.27. The Balaban J connectivity index is 1.53. The lowest BCUT2D eigenvalue weighted by atomic mass is 10.1. The standard InChI is InChI=1S/C17H19N3O4/c1-2-14(21)13-8-12-9-19(5-6-20(12)18-13)17(22)11-3-4-15-16(7-11)24-10-23-15/h3-4,7-8,14,21H,2,5-6,9-10H2,1H3. The van der Waals surface area contributed by atoms with Gasteiger partial charge in [-0.15, -0.1) is 0 Å². The second-order valence-corrected chi connectivity index (χ2v) is 6.00. The van der Waals surface area contributed by atoms with Gasteiger partial charge in [0.25, 0.3) is 5.91 Å². The first-order chi connectivity index (χ1) is 11.7. The number of aliphatic hydroxyl groups excluding tert-OH is 1. The van der Waals surface area contributed by atoms with E-state index in [0.29, 0.717) is 48.8 Å². The van der Waals surface area contributed by atoms with Crippen LogP contribution in [0.1, 0.15) is 41.2 Å². The van der Waals surface area contributed by atoms with Crippen LogP contribution >= 0.6 is 0 Å². The Hall–Kier alpha value is -2.54. The van der Waals surface area contributed by atoms with Crippen molar-refractivity contribution in [2.24, 2.45) is 0 Å². The van der Waals surface area contributed by atoms with E-state index in [9.17, 15) is 9.90 Å². The number of hydrogen-bond donors (Lipinski definition) is 1. The van der Waals surface area contributed by atoms with Crippen LogP contribution in [0.15, 0.2) is 24.3 Å². The van der Waals surface area contributed by atoms with Crippen molar-refractivity contribution < 1.29 is 19.4 Å². The summed E-state index contributed by atoms with van der Waals surface area (Å²) < 4.78 is 12.5. The average Bonchev–Trinajstić information content (AvgIpc) is 3.25. The van der Waals surface area contributed by atoms with Gasteiger partial charge in [-0.3, -0.25) is 9.48 Å². The van der Waals surface area contributed by atoms with Crippen molar-refractivity contribution in [2.75, 3.05) is 13.3 Å². The molecule has 24 heavy (non-hydrogen) atoms. The van der Waals surface area contributed by atoms with Gasteiger partial charge in [-0.05, 0) is 30.7 Å². The maximum absolute atomic E-state index is 12.8. The van der Waals surface area contributed by atoms with Crippen molar-refractivity contribution in [1.29, 1.82) is 0 Å². The zero-order valence-corrected chi connectivity index (χ0v) is 13.4. The molecule has 1 atom stereocenters. The van der Waals surface area contributed by atoms with Crippen molar-refractivity contribution in [3.63, 3.8) is 0 Å². The molecule has 0 saturated heterocycles. The first-order valence-electron chi connectivity index (χ1n) is 8.09. The average molecular weight is 329 g/mol. The zero-order valence-electron chi connectivity index (χ0n) is 13.4. The molecule has 4 rings (SSSR count). The molecule has 3 heterocycles. The quantitative estimate of drug-likeness (QED) is 0.928. The molecule has 1 N–H and O–H groups in total. The number of ether oxygens (including phenoxy) is 2. The predicted molar refractivity (Wildman–Crippen MR) is 84.8 cm³/mol. The van der Waals surface area contributed by atoms with Crippen LogP contribution in [0.25, 0.3) is 0 Å². The largest absolute Gasteiger partial charge is 0.454 e. The number of carbonyl (C=O) groups is 1. The Bertz CT molecular complexity index is 786. The number of aromatic nitrogens is 2. The lowest BCUT2D eigenvalue weighted by Crippen LogP contribution is -2.38. The van der Waals surface area contributed by atoms with Gasteiger partial charge in [0, 0.05) is 12.1 Å². The van der Waals surface area contributed by atoms with E-state index in [4.69, 9.17) is 9.47 Å². The maximum Gasteiger partial charge on any atom is 0.254 e. The van der Waals surface area contributed by atoms with Crippen LogP contribution in [0, 0.1) is 0 Å². The molecule has 7 heteroatoms. The third-order valence-corrected chi connectivity index (χ3v) is 4.45. The van der Waals surface area contributed by atoms with E-state index in [1.165, 1.54) is 0 Å². The molecule has 2 aromatic rings. The van der Waals surface area contributed by atoms with Crippen LogP contribution in [0.3, 0.4) is 0 Å². The highest BCUT2D eigenvalue weighted by molar-refractivity contribution is 5.95. The highest BCUT2D eigenvalue weighted by Gasteiger charge is 2.25. The third kappa shape index (κ3) is 2.50. The molecule has 1 amide bonds. The summed E-state index contributed by atoms with van der Waals surface area (Å²) in [5.74, 6) is 1.23. The summed E-state index contributed by atoms with van der Waals surface area (Å²) in [5.41, 5.74) is 2.20. The monoisotopic (exact) mass is 329 g/mol. The molecule has 0 spiro atoms. The summed E-state index contributed by atoms with van der Waals surface area (Å²) in [5, 5.41) is 14.4. The molecular formula is C17H19N3O4. The van der Waals surface area contributed by atoms with Crippen molar-refractivity contribution in [3.8, 4) is 11.5 Å². The predicted octanol–water partition coefficient (Wildman–Crippen LogP) is 1.71. The van der Waals surface area contributed by atoms with Crippen LogP contribution in [0.4, 0.5) is 0 Å². The SMILES string of the molecule is CCC(O)c1cc2n(n1)CCN(C(=O)c1ccc3c(c1)OCO3)C2. The minimum Gasteiger partial charge on any atom is -0.454 e. The first-order valence-corrected chi connectivity index (χ1v) is 8.09. The van der Waals surface area contributed by atoms with Crippen molar-refractivity contribution in [2.45, 2.75) is 32.5 Å². The second-order valence-electron chi connectivity index (χ2n) is 6.00. The summed E-state index contributed by atoms with van der Waals surface area (Å²) in [6, 6.07) is 7.13. The van der Waals surface area contributed by atoms with Crippen molar-refractivity contribution >= 4 is 5.91 Å². The molecule has 0 saturated carbocycles. The molecule has 7 nitrogen and oxygen atoms in total. The fraction of sp³-hybridized carbons (Fsp3) is 0.412. The second kappa shape index (κ2) is 5.83. The molecule has 0 fully saturated rings. The van der Waals surface area contributed by atoms with Crippen LogP contribution < -0.4 is 9.47 Å². The topological polar surface area (TPSA) is 76.8 Å². The molecule has 2 aliphatic heterocycles. The minimum absolute atomic E-state index is 0.0432.